The van der Waals surface area contributed by atoms with Gasteiger partial charge in [-0.1, -0.05) is 36.4 Å². The van der Waals surface area contributed by atoms with E-state index in [1.54, 1.807) is 30.3 Å². The van der Waals surface area contributed by atoms with E-state index >= 15 is 0 Å². The molecule has 0 saturated carbocycles. The fourth-order valence-electron chi connectivity index (χ4n) is 4.13. The molecule has 0 radical (unpaired) electrons. The van der Waals surface area contributed by atoms with Crippen LogP contribution in [0.5, 0.6) is 11.5 Å². The molecule has 36 heavy (non-hydrogen) atoms. The summed E-state index contributed by atoms with van der Waals surface area (Å²) in [6, 6.07) is 17.4. The van der Waals surface area contributed by atoms with Crippen LogP contribution in [0, 0.1) is 0 Å². The fraction of sp³-hybridized carbons (Fsp3) is 0.250. The molecule has 4 rings (SSSR count). The number of rotatable bonds is 10. The van der Waals surface area contributed by atoms with E-state index in [1.165, 1.54) is 24.4 Å². The average molecular weight is 489 g/mol. The summed E-state index contributed by atoms with van der Waals surface area (Å²) in [7, 11) is 1.52. The third-order valence-electron chi connectivity index (χ3n) is 5.85. The van der Waals surface area contributed by atoms with E-state index < -0.39 is 17.7 Å². The van der Waals surface area contributed by atoms with E-state index in [1.807, 2.05) is 37.3 Å². The van der Waals surface area contributed by atoms with Crippen LogP contribution in [0.25, 0.3) is 5.76 Å². The summed E-state index contributed by atoms with van der Waals surface area (Å²) in [6.45, 7) is 3.02. The summed E-state index contributed by atoms with van der Waals surface area (Å²) in [5, 5.41) is 11.1. The van der Waals surface area contributed by atoms with Crippen LogP contribution in [-0.4, -0.2) is 53.5 Å². The van der Waals surface area contributed by atoms with Crippen molar-refractivity contribution in [1.29, 1.82) is 0 Å². The summed E-state index contributed by atoms with van der Waals surface area (Å²) in [6.07, 6.45) is 3.02. The molecule has 1 N–H and O–H groups in total. The maximum Gasteiger partial charge on any atom is 0.295 e. The molecule has 1 amide bonds. The van der Waals surface area contributed by atoms with E-state index in [0.717, 1.165) is 5.56 Å². The molecule has 2 heterocycles. The number of Topliss-reactive ketones (excluding diaryl/α,β-unsaturated/α-hetero) is 1. The Balaban J connectivity index is 1.75. The van der Waals surface area contributed by atoms with E-state index in [0.29, 0.717) is 35.8 Å². The van der Waals surface area contributed by atoms with Crippen molar-refractivity contribution in [1.82, 2.24) is 9.88 Å². The van der Waals surface area contributed by atoms with Gasteiger partial charge in [-0.3, -0.25) is 14.6 Å². The van der Waals surface area contributed by atoms with Gasteiger partial charge in [-0.2, -0.15) is 0 Å². The number of methoxy groups -OCH3 is 1. The molecule has 0 aliphatic carbocycles. The fourth-order valence-corrected chi connectivity index (χ4v) is 4.13. The van der Waals surface area contributed by atoms with Gasteiger partial charge in [-0.05, 0) is 42.3 Å². The second kappa shape index (κ2) is 11.5. The number of pyridine rings is 1. The van der Waals surface area contributed by atoms with Gasteiger partial charge < -0.3 is 24.2 Å². The number of aromatic nitrogens is 1. The molecule has 1 aliphatic heterocycles. The number of amides is 1. The van der Waals surface area contributed by atoms with Gasteiger partial charge in [0.05, 0.1) is 24.8 Å². The first kappa shape index (κ1) is 24.9. The van der Waals surface area contributed by atoms with Crippen LogP contribution in [0.3, 0.4) is 0 Å². The van der Waals surface area contributed by atoms with Crippen LogP contribution < -0.4 is 9.47 Å². The van der Waals surface area contributed by atoms with Crippen LogP contribution >= 0.6 is 0 Å². The van der Waals surface area contributed by atoms with Gasteiger partial charge in [-0.25, -0.2) is 0 Å². The Morgan fingerprint density at radius 2 is 1.75 bits per heavy atom. The van der Waals surface area contributed by atoms with Crippen LogP contribution in [0.15, 0.2) is 78.6 Å². The number of hydrogen-bond acceptors (Lipinski definition) is 7. The topological polar surface area (TPSA) is 98.2 Å². The van der Waals surface area contributed by atoms with Gasteiger partial charge in [0.15, 0.2) is 11.5 Å². The summed E-state index contributed by atoms with van der Waals surface area (Å²) >= 11 is 0. The minimum Gasteiger partial charge on any atom is -0.507 e. The molecular formula is C28H28N2O6. The Morgan fingerprint density at radius 1 is 1.00 bits per heavy atom. The molecule has 1 unspecified atom stereocenters. The van der Waals surface area contributed by atoms with E-state index in [9.17, 15) is 14.7 Å². The number of carbonyl (C=O) groups excluding carboxylic acids is 2. The Labute approximate surface area is 209 Å². The number of likely N-dealkylation sites (tertiary alicyclic amines) is 1. The Bertz CT molecular complexity index is 1240. The lowest BCUT2D eigenvalue weighted by atomic mass is 9.95. The van der Waals surface area contributed by atoms with Crippen molar-refractivity contribution >= 4 is 17.4 Å². The van der Waals surface area contributed by atoms with Crippen molar-refractivity contribution in [2.75, 3.05) is 26.9 Å². The van der Waals surface area contributed by atoms with Gasteiger partial charge in [0.2, 0.25) is 0 Å². The second-order valence-corrected chi connectivity index (χ2v) is 8.13. The average Bonchev–Trinajstić information content (AvgIpc) is 3.17. The summed E-state index contributed by atoms with van der Waals surface area (Å²) in [5.74, 6) is -0.703. The molecule has 1 aliphatic rings. The Hall–Kier alpha value is -4.17. The molecule has 2 aromatic carbocycles. The minimum absolute atomic E-state index is 0.00251. The zero-order valence-electron chi connectivity index (χ0n) is 20.2. The number of carbonyl (C=O) groups is 2. The van der Waals surface area contributed by atoms with E-state index in [4.69, 9.17) is 14.2 Å². The maximum absolute atomic E-state index is 13.1. The molecule has 1 saturated heterocycles. The maximum atomic E-state index is 13.1. The molecule has 3 aromatic rings. The SMILES string of the molecule is CCOc1cc(C2/C(=C(\O)c3ccncc3)C(=O)C(=O)N2CCOC)ccc1OCc1ccccc1. The first-order valence-corrected chi connectivity index (χ1v) is 11.7. The summed E-state index contributed by atoms with van der Waals surface area (Å²) in [5.41, 5.74) is 2.01. The number of benzene rings is 2. The summed E-state index contributed by atoms with van der Waals surface area (Å²) in [4.78, 5) is 31.4. The monoisotopic (exact) mass is 488 g/mol. The number of nitrogens with zero attached hydrogens (tertiary/aromatic N) is 2. The van der Waals surface area contributed by atoms with Gasteiger partial charge in [-0.15, -0.1) is 0 Å². The highest BCUT2D eigenvalue weighted by Crippen LogP contribution is 2.42. The van der Waals surface area contributed by atoms with Crippen molar-refractivity contribution in [3.05, 3.63) is 95.3 Å². The largest absolute Gasteiger partial charge is 0.507 e. The molecule has 1 aromatic heterocycles. The highest BCUT2D eigenvalue weighted by molar-refractivity contribution is 6.46. The number of ether oxygens (including phenoxy) is 3. The van der Waals surface area contributed by atoms with Crippen molar-refractivity contribution in [2.45, 2.75) is 19.6 Å². The van der Waals surface area contributed by atoms with Crippen LogP contribution in [-0.2, 0) is 20.9 Å². The lowest BCUT2D eigenvalue weighted by Gasteiger charge is -2.26. The zero-order chi connectivity index (χ0) is 25.5. The molecule has 1 fully saturated rings. The summed E-state index contributed by atoms with van der Waals surface area (Å²) < 4.78 is 17.0. The minimum atomic E-state index is -0.823. The third-order valence-corrected chi connectivity index (χ3v) is 5.85. The number of hydrogen-bond donors (Lipinski definition) is 1. The molecule has 0 spiro atoms. The quantitative estimate of drug-likeness (QED) is 0.260. The standard InChI is InChI=1S/C28H28N2O6/c1-3-35-23-17-21(9-10-22(23)36-18-19-7-5-4-6-8-19)25-24(26(31)20-11-13-29-14-12-20)27(32)28(33)30(25)15-16-34-2/h4-14,17,25,31H,3,15-16,18H2,1-2H3/b26-24+. The lowest BCUT2D eigenvalue weighted by molar-refractivity contribution is -0.140. The molecular weight excluding hydrogens is 460 g/mol. The predicted molar refractivity (Wildman–Crippen MR) is 134 cm³/mol. The predicted octanol–water partition coefficient (Wildman–Crippen LogP) is 4.13. The zero-order valence-corrected chi connectivity index (χ0v) is 20.2. The van der Waals surface area contributed by atoms with Crippen molar-refractivity contribution in [3.63, 3.8) is 0 Å². The first-order valence-electron chi connectivity index (χ1n) is 11.7. The van der Waals surface area contributed by atoms with E-state index in [-0.39, 0.29) is 24.5 Å². The molecule has 8 nitrogen and oxygen atoms in total. The van der Waals surface area contributed by atoms with Crippen molar-refractivity contribution in [2.24, 2.45) is 0 Å². The van der Waals surface area contributed by atoms with Gasteiger partial charge >= 0.3 is 0 Å². The van der Waals surface area contributed by atoms with Gasteiger partial charge in [0.25, 0.3) is 11.7 Å². The van der Waals surface area contributed by atoms with Crippen LogP contribution in [0.1, 0.15) is 29.7 Å². The first-order chi connectivity index (χ1) is 17.5. The van der Waals surface area contributed by atoms with Crippen LogP contribution in [0.2, 0.25) is 0 Å². The third kappa shape index (κ3) is 5.23. The molecule has 0 bridgehead atoms. The number of aliphatic hydroxyl groups excluding tert-OH is 1. The molecule has 1 atom stereocenters. The highest BCUT2D eigenvalue weighted by Gasteiger charge is 2.46. The van der Waals surface area contributed by atoms with E-state index in [2.05, 4.69) is 4.98 Å². The van der Waals surface area contributed by atoms with Gasteiger partial charge in [0, 0.05) is 31.6 Å². The smallest absolute Gasteiger partial charge is 0.295 e. The Morgan fingerprint density at radius 3 is 2.44 bits per heavy atom. The van der Waals surface area contributed by atoms with Crippen molar-refractivity contribution in [3.8, 4) is 11.5 Å². The second-order valence-electron chi connectivity index (χ2n) is 8.13. The van der Waals surface area contributed by atoms with Gasteiger partial charge in [0.1, 0.15) is 12.4 Å². The Kier molecular flexibility index (Phi) is 7.97. The number of aliphatic hydroxyl groups is 1. The molecule has 8 heteroatoms. The normalized spacial score (nSPS) is 16.8. The molecule has 186 valence electrons. The van der Waals surface area contributed by atoms with Crippen LogP contribution in [0.4, 0.5) is 0 Å². The number of ketones is 1. The van der Waals surface area contributed by atoms with Crippen molar-refractivity contribution < 1.29 is 28.9 Å². The lowest BCUT2D eigenvalue weighted by Crippen LogP contribution is -2.32. The highest BCUT2D eigenvalue weighted by atomic mass is 16.5.